The van der Waals surface area contributed by atoms with E-state index in [2.05, 4.69) is 30.1 Å². The predicted octanol–water partition coefficient (Wildman–Crippen LogP) is 1.93. The lowest BCUT2D eigenvalue weighted by Crippen LogP contribution is -2.43. The van der Waals surface area contributed by atoms with Crippen molar-refractivity contribution >= 4 is 0 Å². The summed E-state index contributed by atoms with van der Waals surface area (Å²) in [4.78, 5) is 2.49. The number of nitrogens with zero attached hydrogens (tertiary/aromatic N) is 1. The summed E-state index contributed by atoms with van der Waals surface area (Å²) in [5, 5.41) is 0. The highest BCUT2D eigenvalue weighted by Crippen LogP contribution is 2.18. The summed E-state index contributed by atoms with van der Waals surface area (Å²) in [6.07, 6.45) is 10.6. The Hall–Kier alpha value is -0.600. The van der Waals surface area contributed by atoms with Gasteiger partial charge in [0.15, 0.2) is 0 Å². The van der Waals surface area contributed by atoms with Crippen LogP contribution in [0.2, 0.25) is 0 Å². The average molecular weight is 206 g/mol. The van der Waals surface area contributed by atoms with Gasteiger partial charge >= 0.3 is 0 Å². The Morgan fingerprint density at radius 3 is 3.07 bits per heavy atom. The molecule has 1 fully saturated rings. The molecule has 2 N–H and O–H groups in total. The van der Waals surface area contributed by atoms with Crippen molar-refractivity contribution in [1.29, 1.82) is 0 Å². The second kappa shape index (κ2) is 4.95. The van der Waals surface area contributed by atoms with Crippen LogP contribution in [0.3, 0.4) is 0 Å². The molecular weight excluding hydrogens is 184 g/mol. The number of nitrogens with two attached hydrogens (primary N) is 1. The number of rotatable bonds is 2. The standard InChI is InChI=1S/C13H22N2/c1-11-4-6-12(7-5-11)9-15-8-2-3-13(14)10-15/h4,6-7,11,13H,2-3,5,8-10,14H2,1H3. The maximum Gasteiger partial charge on any atom is 0.0231 e. The number of hydrogen-bond acceptors (Lipinski definition) is 2. The van der Waals surface area contributed by atoms with Crippen molar-refractivity contribution in [2.24, 2.45) is 11.7 Å². The maximum atomic E-state index is 5.97. The molecule has 2 nitrogen and oxygen atoms in total. The van der Waals surface area contributed by atoms with Crippen LogP contribution in [0.1, 0.15) is 26.2 Å². The van der Waals surface area contributed by atoms with Crippen LogP contribution in [0.4, 0.5) is 0 Å². The molecule has 0 aromatic carbocycles. The van der Waals surface area contributed by atoms with E-state index in [0.717, 1.165) is 19.0 Å². The van der Waals surface area contributed by atoms with Crippen molar-refractivity contribution in [1.82, 2.24) is 4.90 Å². The van der Waals surface area contributed by atoms with Gasteiger partial charge in [-0.3, -0.25) is 4.90 Å². The van der Waals surface area contributed by atoms with Gasteiger partial charge in [-0.2, -0.15) is 0 Å². The van der Waals surface area contributed by atoms with Gasteiger partial charge < -0.3 is 5.73 Å². The van der Waals surface area contributed by atoms with Crippen molar-refractivity contribution in [2.75, 3.05) is 19.6 Å². The Bertz CT molecular complexity index is 268. The molecule has 15 heavy (non-hydrogen) atoms. The molecule has 0 radical (unpaired) electrons. The summed E-state index contributed by atoms with van der Waals surface area (Å²) < 4.78 is 0. The number of allylic oxidation sites excluding steroid dienone is 2. The summed E-state index contributed by atoms with van der Waals surface area (Å²) >= 11 is 0. The molecule has 1 aliphatic carbocycles. The van der Waals surface area contributed by atoms with E-state index in [9.17, 15) is 0 Å². The number of piperidine rings is 1. The molecule has 2 aliphatic rings. The largest absolute Gasteiger partial charge is 0.327 e. The second-order valence-electron chi connectivity index (χ2n) is 4.99. The normalized spacial score (nSPS) is 32.8. The Kier molecular flexibility index (Phi) is 3.60. The third-order valence-electron chi connectivity index (χ3n) is 3.34. The summed E-state index contributed by atoms with van der Waals surface area (Å²) in [5.74, 6) is 0.720. The fourth-order valence-corrected chi connectivity index (χ4v) is 2.38. The third kappa shape index (κ3) is 3.18. The Balaban J connectivity index is 1.84. The van der Waals surface area contributed by atoms with Crippen LogP contribution in [0, 0.1) is 5.92 Å². The van der Waals surface area contributed by atoms with Crippen molar-refractivity contribution in [3.05, 3.63) is 23.8 Å². The van der Waals surface area contributed by atoms with Crippen molar-refractivity contribution in [3.63, 3.8) is 0 Å². The van der Waals surface area contributed by atoms with Crippen LogP contribution < -0.4 is 5.73 Å². The van der Waals surface area contributed by atoms with Gasteiger partial charge in [0.1, 0.15) is 0 Å². The highest BCUT2D eigenvalue weighted by molar-refractivity contribution is 5.24. The van der Waals surface area contributed by atoms with E-state index in [4.69, 9.17) is 5.73 Å². The van der Waals surface area contributed by atoms with Crippen LogP contribution >= 0.6 is 0 Å². The molecule has 1 heterocycles. The minimum Gasteiger partial charge on any atom is -0.327 e. The molecule has 1 saturated heterocycles. The first-order chi connectivity index (χ1) is 7.24. The van der Waals surface area contributed by atoms with Crippen molar-refractivity contribution in [3.8, 4) is 0 Å². The lowest BCUT2D eigenvalue weighted by molar-refractivity contribution is 0.226. The summed E-state index contributed by atoms with van der Waals surface area (Å²) in [6.45, 7) is 5.65. The van der Waals surface area contributed by atoms with E-state index < -0.39 is 0 Å². The quantitative estimate of drug-likeness (QED) is 0.748. The van der Waals surface area contributed by atoms with Gasteiger partial charge in [-0.1, -0.05) is 25.2 Å². The first kappa shape index (κ1) is 10.9. The SMILES string of the molecule is CC1C=CC(CN2CCCC(N)C2)=CC1. The van der Waals surface area contributed by atoms with E-state index >= 15 is 0 Å². The second-order valence-corrected chi connectivity index (χ2v) is 4.99. The van der Waals surface area contributed by atoms with Crippen LogP contribution in [-0.2, 0) is 0 Å². The molecule has 0 aromatic rings. The van der Waals surface area contributed by atoms with E-state index in [-0.39, 0.29) is 0 Å². The lowest BCUT2D eigenvalue weighted by atomic mass is 9.97. The number of likely N-dealkylation sites (tertiary alicyclic amines) is 1. The van der Waals surface area contributed by atoms with Crippen LogP contribution in [0.15, 0.2) is 23.8 Å². The van der Waals surface area contributed by atoms with Gasteiger partial charge in [-0.05, 0) is 37.3 Å². The zero-order valence-electron chi connectivity index (χ0n) is 9.65. The average Bonchev–Trinajstić information content (AvgIpc) is 2.22. The molecule has 1 aliphatic heterocycles. The fourth-order valence-electron chi connectivity index (χ4n) is 2.38. The van der Waals surface area contributed by atoms with Crippen LogP contribution in [0.5, 0.6) is 0 Å². The monoisotopic (exact) mass is 206 g/mol. The van der Waals surface area contributed by atoms with Gasteiger partial charge in [0.05, 0.1) is 0 Å². The highest BCUT2D eigenvalue weighted by Gasteiger charge is 2.17. The van der Waals surface area contributed by atoms with Gasteiger partial charge in [0, 0.05) is 19.1 Å². The van der Waals surface area contributed by atoms with Crippen molar-refractivity contribution in [2.45, 2.75) is 32.2 Å². The Morgan fingerprint density at radius 1 is 1.53 bits per heavy atom. The fraction of sp³-hybridized carbons (Fsp3) is 0.692. The third-order valence-corrected chi connectivity index (χ3v) is 3.34. The summed E-state index contributed by atoms with van der Waals surface area (Å²) in [5.41, 5.74) is 7.45. The molecule has 0 aromatic heterocycles. The molecule has 2 rings (SSSR count). The summed E-state index contributed by atoms with van der Waals surface area (Å²) in [6, 6.07) is 0.394. The van der Waals surface area contributed by atoms with Crippen molar-refractivity contribution < 1.29 is 0 Å². The molecule has 0 spiro atoms. The zero-order valence-corrected chi connectivity index (χ0v) is 9.65. The molecule has 2 unspecified atom stereocenters. The van der Waals surface area contributed by atoms with Gasteiger partial charge in [0.2, 0.25) is 0 Å². The Labute approximate surface area is 92.8 Å². The molecule has 2 atom stereocenters. The topological polar surface area (TPSA) is 29.3 Å². The molecular formula is C13H22N2. The number of hydrogen-bond donors (Lipinski definition) is 1. The maximum absolute atomic E-state index is 5.97. The minimum atomic E-state index is 0.394. The smallest absolute Gasteiger partial charge is 0.0231 e. The molecule has 0 saturated carbocycles. The molecule has 0 amide bonds. The highest BCUT2D eigenvalue weighted by atomic mass is 15.1. The van der Waals surface area contributed by atoms with E-state index in [1.807, 2.05) is 0 Å². The zero-order chi connectivity index (χ0) is 10.7. The molecule has 2 heteroatoms. The van der Waals surface area contributed by atoms with Gasteiger partial charge in [-0.15, -0.1) is 0 Å². The van der Waals surface area contributed by atoms with Crippen LogP contribution in [-0.4, -0.2) is 30.6 Å². The minimum absolute atomic E-state index is 0.394. The Morgan fingerprint density at radius 2 is 2.40 bits per heavy atom. The van der Waals surface area contributed by atoms with E-state index in [0.29, 0.717) is 6.04 Å². The van der Waals surface area contributed by atoms with E-state index in [1.54, 1.807) is 0 Å². The van der Waals surface area contributed by atoms with Crippen LogP contribution in [0.25, 0.3) is 0 Å². The first-order valence-electron chi connectivity index (χ1n) is 6.09. The lowest BCUT2D eigenvalue weighted by Gasteiger charge is -2.31. The molecule has 0 bridgehead atoms. The predicted molar refractivity (Wildman–Crippen MR) is 64.7 cm³/mol. The first-order valence-corrected chi connectivity index (χ1v) is 6.09. The van der Waals surface area contributed by atoms with E-state index in [1.165, 1.54) is 31.4 Å². The van der Waals surface area contributed by atoms with Gasteiger partial charge in [-0.25, -0.2) is 0 Å². The van der Waals surface area contributed by atoms with Gasteiger partial charge in [0.25, 0.3) is 0 Å². The summed E-state index contributed by atoms with van der Waals surface area (Å²) in [7, 11) is 0. The molecule has 84 valence electrons.